The van der Waals surface area contributed by atoms with Gasteiger partial charge in [0.05, 0.1) is 11.2 Å². The van der Waals surface area contributed by atoms with Crippen LogP contribution in [0.4, 0.5) is 0 Å². The Balaban J connectivity index is 1.74. The fourth-order valence-electron chi connectivity index (χ4n) is 2.60. The molecule has 0 fully saturated rings. The van der Waals surface area contributed by atoms with E-state index >= 15 is 0 Å². The van der Waals surface area contributed by atoms with Crippen LogP contribution in [-0.4, -0.2) is 42.0 Å². The molecule has 23 heavy (non-hydrogen) atoms. The first-order chi connectivity index (χ1) is 11.2. The third-order valence-corrected chi connectivity index (χ3v) is 4.73. The number of hydrogen-bond donors (Lipinski definition) is 0. The van der Waals surface area contributed by atoms with E-state index in [1.54, 1.807) is 0 Å². The molecule has 0 radical (unpaired) electrons. The van der Waals surface area contributed by atoms with Crippen LogP contribution >= 0.6 is 11.3 Å². The number of likely N-dealkylation sites (N-methyl/N-ethyl adjacent to an activating group) is 1. The lowest BCUT2D eigenvalue weighted by atomic mass is 10.2. The van der Waals surface area contributed by atoms with Crippen LogP contribution < -0.4 is 0 Å². The predicted octanol–water partition coefficient (Wildman–Crippen LogP) is 3.86. The molecule has 0 saturated heterocycles. The summed E-state index contributed by atoms with van der Waals surface area (Å²) in [5, 5.41) is 3.35. The van der Waals surface area contributed by atoms with Crippen LogP contribution in [-0.2, 0) is 13.1 Å². The Kier molecular flexibility index (Phi) is 5.39. The minimum atomic E-state index is 0.885. The summed E-state index contributed by atoms with van der Waals surface area (Å²) in [6.07, 6.45) is 0. The minimum absolute atomic E-state index is 0.885. The lowest BCUT2D eigenvalue weighted by Gasteiger charge is -2.23. The number of nitrogens with zero attached hydrogens (tertiary/aromatic N) is 3. The Morgan fingerprint density at radius 1 is 0.913 bits per heavy atom. The van der Waals surface area contributed by atoms with Crippen LogP contribution in [0.25, 0.3) is 10.9 Å². The van der Waals surface area contributed by atoms with Gasteiger partial charge in [0.25, 0.3) is 0 Å². The van der Waals surface area contributed by atoms with Gasteiger partial charge < -0.3 is 4.90 Å². The minimum Gasteiger partial charge on any atom is -0.308 e. The molecule has 0 aliphatic rings. The van der Waals surface area contributed by atoms with Crippen LogP contribution in [0, 0.1) is 0 Å². The third kappa shape index (κ3) is 4.61. The Labute approximate surface area is 142 Å². The van der Waals surface area contributed by atoms with E-state index in [0.29, 0.717) is 0 Å². The van der Waals surface area contributed by atoms with Gasteiger partial charge in [-0.15, -0.1) is 11.3 Å². The van der Waals surface area contributed by atoms with Crippen molar-refractivity contribution in [3.05, 3.63) is 64.5 Å². The zero-order chi connectivity index (χ0) is 16.1. The van der Waals surface area contributed by atoms with Crippen LogP contribution in [0.2, 0.25) is 0 Å². The van der Waals surface area contributed by atoms with Crippen molar-refractivity contribution in [1.29, 1.82) is 0 Å². The van der Waals surface area contributed by atoms with Crippen LogP contribution in [0.15, 0.2) is 53.9 Å². The number of fused-ring (bicyclic) bond motifs is 1. The Morgan fingerprint density at radius 2 is 1.78 bits per heavy atom. The number of para-hydroxylation sites is 1. The highest BCUT2D eigenvalue weighted by Crippen LogP contribution is 2.16. The highest BCUT2D eigenvalue weighted by Gasteiger charge is 2.10. The summed E-state index contributed by atoms with van der Waals surface area (Å²) >= 11 is 1.82. The van der Waals surface area contributed by atoms with E-state index < -0.39 is 0 Å². The molecule has 2 aromatic heterocycles. The van der Waals surface area contributed by atoms with Crippen molar-refractivity contribution in [3.8, 4) is 0 Å². The van der Waals surface area contributed by atoms with Gasteiger partial charge >= 0.3 is 0 Å². The van der Waals surface area contributed by atoms with E-state index in [1.165, 1.54) is 10.3 Å². The second kappa shape index (κ2) is 7.68. The largest absolute Gasteiger partial charge is 0.308 e. The van der Waals surface area contributed by atoms with Crippen LogP contribution in [0.1, 0.15) is 10.6 Å². The molecular formula is C19H23N3S. The Morgan fingerprint density at radius 3 is 2.57 bits per heavy atom. The van der Waals surface area contributed by atoms with Gasteiger partial charge in [-0.3, -0.25) is 9.88 Å². The molecule has 0 aliphatic heterocycles. The lowest BCUT2D eigenvalue weighted by molar-refractivity contribution is 0.226. The van der Waals surface area contributed by atoms with Crippen molar-refractivity contribution in [2.45, 2.75) is 13.1 Å². The summed E-state index contributed by atoms with van der Waals surface area (Å²) in [5.74, 6) is 0. The monoisotopic (exact) mass is 325 g/mol. The number of hydrogen-bond acceptors (Lipinski definition) is 4. The zero-order valence-corrected chi connectivity index (χ0v) is 14.6. The van der Waals surface area contributed by atoms with Gasteiger partial charge in [0.15, 0.2) is 0 Å². The van der Waals surface area contributed by atoms with E-state index in [0.717, 1.165) is 37.4 Å². The maximum absolute atomic E-state index is 4.82. The summed E-state index contributed by atoms with van der Waals surface area (Å²) in [6.45, 7) is 3.97. The zero-order valence-electron chi connectivity index (χ0n) is 13.8. The molecule has 3 rings (SSSR count). The first-order valence-electron chi connectivity index (χ1n) is 7.95. The Hall–Kier alpha value is -1.75. The second-order valence-corrected chi connectivity index (χ2v) is 7.12. The molecular weight excluding hydrogens is 302 g/mol. The molecule has 3 aromatic rings. The molecule has 0 atom stereocenters. The van der Waals surface area contributed by atoms with Gasteiger partial charge in [-0.25, -0.2) is 0 Å². The van der Waals surface area contributed by atoms with E-state index in [-0.39, 0.29) is 0 Å². The van der Waals surface area contributed by atoms with E-state index in [4.69, 9.17) is 4.98 Å². The number of rotatable bonds is 7. The number of aromatic nitrogens is 1. The molecule has 0 spiro atoms. The fraction of sp³-hybridized carbons (Fsp3) is 0.316. The van der Waals surface area contributed by atoms with Gasteiger partial charge in [0, 0.05) is 36.4 Å². The highest BCUT2D eigenvalue weighted by atomic mass is 32.1. The van der Waals surface area contributed by atoms with Gasteiger partial charge in [0.1, 0.15) is 0 Å². The van der Waals surface area contributed by atoms with E-state index in [2.05, 4.69) is 77.8 Å². The molecule has 4 heteroatoms. The summed E-state index contributed by atoms with van der Waals surface area (Å²) < 4.78 is 0. The molecule has 2 heterocycles. The standard InChI is InChI=1S/C19H23N3S/c1-21(2)11-12-22(15-18-7-5-13-23-18)14-17-10-9-16-6-3-4-8-19(16)20-17/h3-10,13H,11-12,14-15H2,1-2H3. The molecule has 120 valence electrons. The molecule has 1 aromatic carbocycles. The molecule has 0 unspecified atom stereocenters. The third-order valence-electron chi connectivity index (χ3n) is 3.86. The number of benzene rings is 1. The first kappa shape index (κ1) is 16.1. The van der Waals surface area contributed by atoms with Crippen molar-refractivity contribution < 1.29 is 0 Å². The topological polar surface area (TPSA) is 19.4 Å². The normalized spacial score (nSPS) is 11.7. The maximum Gasteiger partial charge on any atom is 0.0705 e. The lowest BCUT2D eigenvalue weighted by Crippen LogP contribution is -2.31. The molecule has 3 nitrogen and oxygen atoms in total. The van der Waals surface area contributed by atoms with Gasteiger partial charge in [-0.1, -0.05) is 30.3 Å². The van der Waals surface area contributed by atoms with Crippen LogP contribution in [0.3, 0.4) is 0 Å². The van der Waals surface area contributed by atoms with Crippen molar-refractivity contribution in [2.75, 3.05) is 27.2 Å². The predicted molar refractivity (Wildman–Crippen MR) is 98.7 cm³/mol. The molecule has 0 N–H and O–H groups in total. The Bertz CT molecular complexity index is 737. The fourth-order valence-corrected chi connectivity index (χ4v) is 3.35. The quantitative estimate of drug-likeness (QED) is 0.657. The second-order valence-electron chi connectivity index (χ2n) is 6.09. The summed E-state index contributed by atoms with van der Waals surface area (Å²) in [6, 6.07) is 17.0. The average molecular weight is 325 g/mol. The molecule has 0 amide bonds. The summed E-state index contributed by atoms with van der Waals surface area (Å²) in [5.41, 5.74) is 2.22. The average Bonchev–Trinajstić information content (AvgIpc) is 3.05. The smallest absolute Gasteiger partial charge is 0.0705 e. The molecule has 0 aliphatic carbocycles. The van der Waals surface area contributed by atoms with Crippen molar-refractivity contribution >= 4 is 22.2 Å². The van der Waals surface area contributed by atoms with Crippen molar-refractivity contribution in [3.63, 3.8) is 0 Å². The first-order valence-corrected chi connectivity index (χ1v) is 8.83. The van der Waals surface area contributed by atoms with Crippen molar-refractivity contribution in [2.24, 2.45) is 0 Å². The highest BCUT2D eigenvalue weighted by molar-refractivity contribution is 7.09. The SMILES string of the molecule is CN(C)CCN(Cc1ccc2ccccc2n1)Cc1cccs1. The van der Waals surface area contributed by atoms with Crippen LogP contribution in [0.5, 0.6) is 0 Å². The molecule has 0 bridgehead atoms. The van der Waals surface area contributed by atoms with E-state index in [1.807, 2.05) is 11.3 Å². The molecule has 0 saturated carbocycles. The maximum atomic E-state index is 4.82. The van der Waals surface area contributed by atoms with Gasteiger partial charge in [-0.2, -0.15) is 0 Å². The summed E-state index contributed by atoms with van der Waals surface area (Å²) in [7, 11) is 4.25. The van der Waals surface area contributed by atoms with E-state index in [9.17, 15) is 0 Å². The number of thiophene rings is 1. The van der Waals surface area contributed by atoms with Crippen molar-refractivity contribution in [1.82, 2.24) is 14.8 Å². The van der Waals surface area contributed by atoms with Gasteiger partial charge in [0.2, 0.25) is 0 Å². The summed E-state index contributed by atoms with van der Waals surface area (Å²) in [4.78, 5) is 10.9. The van der Waals surface area contributed by atoms with Gasteiger partial charge in [-0.05, 0) is 37.7 Å². The number of pyridine rings is 1.